The van der Waals surface area contributed by atoms with Gasteiger partial charge in [0.25, 0.3) is 5.91 Å². The number of thiophene rings is 1. The topological polar surface area (TPSA) is 35.6 Å². The van der Waals surface area contributed by atoms with Gasteiger partial charge < -0.3 is 15.1 Å². The highest BCUT2D eigenvalue weighted by molar-refractivity contribution is 7.10. The lowest BCUT2D eigenvalue weighted by Gasteiger charge is -2.23. The summed E-state index contributed by atoms with van der Waals surface area (Å²) in [6.45, 7) is 0.599. The van der Waals surface area contributed by atoms with E-state index < -0.39 is 0 Å². The van der Waals surface area contributed by atoms with Crippen LogP contribution in [0.4, 0.5) is 5.69 Å². The predicted molar refractivity (Wildman–Crippen MR) is 93.8 cm³/mol. The molecule has 1 aromatic carbocycles. The van der Waals surface area contributed by atoms with Crippen LogP contribution in [0.2, 0.25) is 0 Å². The van der Waals surface area contributed by atoms with Crippen molar-refractivity contribution in [2.75, 3.05) is 39.6 Å². The Morgan fingerprint density at radius 2 is 1.82 bits per heavy atom. The minimum atomic E-state index is -0.0336. The molecular formula is C17H23N3OS. The van der Waals surface area contributed by atoms with Gasteiger partial charge in [0.15, 0.2) is 0 Å². The summed E-state index contributed by atoms with van der Waals surface area (Å²) < 4.78 is 0. The second-order valence-corrected chi connectivity index (χ2v) is 6.63. The monoisotopic (exact) mass is 317 g/mol. The summed E-state index contributed by atoms with van der Waals surface area (Å²) in [5.74, 6) is -0.0336. The summed E-state index contributed by atoms with van der Waals surface area (Å²) >= 11 is 1.71. The molecule has 1 amide bonds. The first-order valence-corrected chi connectivity index (χ1v) is 8.12. The lowest BCUT2D eigenvalue weighted by atomic mass is 10.1. The van der Waals surface area contributed by atoms with Crippen LogP contribution in [0.5, 0.6) is 0 Å². The molecule has 0 radical (unpaired) electrons. The Morgan fingerprint density at radius 1 is 1.14 bits per heavy atom. The van der Waals surface area contributed by atoms with Gasteiger partial charge in [-0.2, -0.15) is 0 Å². The number of benzene rings is 1. The average Bonchev–Trinajstić information content (AvgIpc) is 3.01. The van der Waals surface area contributed by atoms with Crippen molar-refractivity contribution in [1.82, 2.24) is 10.2 Å². The molecule has 4 nitrogen and oxygen atoms in total. The summed E-state index contributed by atoms with van der Waals surface area (Å²) in [5.41, 5.74) is 1.77. The number of hydrogen-bond acceptors (Lipinski definition) is 4. The van der Waals surface area contributed by atoms with Crippen molar-refractivity contribution in [2.24, 2.45) is 0 Å². The Bertz CT molecular complexity index is 591. The maximum absolute atomic E-state index is 12.3. The van der Waals surface area contributed by atoms with E-state index in [1.54, 1.807) is 11.3 Å². The van der Waals surface area contributed by atoms with Crippen LogP contribution < -0.4 is 10.2 Å². The van der Waals surface area contributed by atoms with Crippen LogP contribution in [0.25, 0.3) is 0 Å². The molecule has 0 fully saturated rings. The van der Waals surface area contributed by atoms with E-state index in [-0.39, 0.29) is 11.9 Å². The lowest BCUT2D eigenvalue weighted by molar-refractivity contribution is 0.0942. The number of carbonyl (C=O) groups is 1. The van der Waals surface area contributed by atoms with Crippen LogP contribution in [0.1, 0.15) is 21.3 Å². The van der Waals surface area contributed by atoms with Crippen molar-refractivity contribution >= 4 is 22.9 Å². The van der Waals surface area contributed by atoms with Crippen LogP contribution in [0, 0.1) is 0 Å². The molecule has 0 saturated heterocycles. The SMILES string of the molecule is CN(C)c1ccc(C(=O)NCC(c2cccs2)N(C)C)cc1. The molecule has 2 rings (SSSR count). The highest BCUT2D eigenvalue weighted by atomic mass is 32.1. The fourth-order valence-corrected chi connectivity index (χ4v) is 3.14. The zero-order chi connectivity index (χ0) is 16.1. The highest BCUT2D eigenvalue weighted by Gasteiger charge is 2.16. The quantitative estimate of drug-likeness (QED) is 0.890. The van der Waals surface area contributed by atoms with Crippen LogP contribution in [-0.4, -0.2) is 45.5 Å². The summed E-state index contributed by atoms with van der Waals surface area (Å²) in [6.07, 6.45) is 0. The van der Waals surface area contributed by atoms with Crippen molar-refractivity contribution in [3.05, 3.63) is 52.2 Å². The van der Waals surface area contributed by atoms with Gasteiger partial charge in [-0.1, -0.05) is 6.07 Å². The minimum Gasteiger partial charge on any atom is -0.378 e. The van der Waals surface area contributed by atoms with Crippen molar-refractivity contribution in [1.29, 1.82) is 0 Å². The molecular weight excluding hydrogens is 294 g/mol. The number of rotatable bonds is 6. The van der Waals surface area contributed by atoms with Crippen molar-refractivity contribution < 1.29 is 4.79 Å². The van der Waals surface area contributed by atoms with E-state index in [4.69, 9.17) is 0 Å². The molecule has 2 aromatic rings. The molecule has 1 heterocycles. The third kappa shape index (κ3) is 4.08. The van der Waals surface area contributed by atoms with Crippen molar-refractivity contribution in [2.45, 2.75) is 6.04 Å². The first-order chi connectivity index (χ1) is 10.5. The summed E-state index contributed by atoms with van der Waals surface area (Å²) in [5, 5.41) is 5.09. The van der Waals surface area contributed by atoms with E-state index in [0.717, 1.165) is 5.69 Å². The zero-order valence-corrected chi connectivity index (χ0v) is 14.4. The van der Waals surface area contributed by atoms with Crippen LogP contribution in [0.15, 0.2) is 41.8 Å². The number of nitrogens with one attached hydrogen (secondary N) is 1. The molecule has 0 aliphatic heterocycles. The van der Waals surface area contributed by atoms with Crippen LogP contribution in [-0.2, 0) is 0 Å². The van der Waals surface area contributed by atoms with Crippen molar-refractivity contribution in [3.63, 3.8) is 0 Å². The molecule has 1 aromatic heterocycles. The molecule has 0 aliphatic rings. The van der Waals surface area contributed by atoms with Gasteiger partial charge in [0.05, 0.1) is 6.04 Å². The Balaban J connectivity index is 1.99. The molecule has 22 heavy (non-hydrogen) atoms. The first kappa shape index (κ1) is 16.5. The molecule has 118 valence electrons. The van der Waals surface area contributed by atoms with Gasteiger partial charge in [-0.05, 0) is 49.8 Å². The minimum absolute atomic E-state index is 0.0336. The molecule has 0 aliphatic carbocycles. The molecule has 5 heteroatoms. The molecule has 1 N–H and O–H groups in total. The largest absolute Gasteiger partial charge is 0.378 e. The predicted octanol–water partition coefficient (Wildman–Crippen LogP) is 2.85. The van der Waals surface area contributed by atoms with Crippen molar-refractivity contribution in [3.8, 4) is 0 Å². The van der Waals surface area contributed by atoms with Gasteiger partial charge in [0.2, 0.25) is 0 Å². The van der Waals surface area contributed by atoms with E-state index in [1.807, 2.05) is 63.4 Å². The Hall–Kier alpha value is -1.85. The van der Waals surface area contributed by atoms with E-state index in [0.29, 0.717) is 12.1 Å². The number of amides is 1. The van der Waals surface area contributed by atoms with Gasteiger partial charge in [0, 0.05) is 36.8 Å². The van der Waals surface area contributed by atoms with Crippen LogP contribution in [0.3, 0.4) is 0 Å². The number of anilines is 1. The fraction of sp³-hybridized carbons (Fsp3) is 0.353. The fourth-order valence-electron chi connectivity index (χ4n) is 2.22. The van der Waals surface area contributed by atoms with Gasteiger partial charge >= 0.3 is 0 Å². The Morgan fingerprint density at radius 3 is 2.32 bits per heavy atom. The maximum Gasteiger partial charge on any atom is 0.251 e. The smallest absolute Gasteiger partial charge is 0.251 e. The van der Waals surface area contributed by atoms with Gasteiger partial charge in [-0.15, -0.1) is 11.3 Å². The summed E-state index contributed by atoms with van der Waals surface area (Å²) in [4.78, 5) is 17.7. The Kier molecular flexibility index (Phi) is 5.57. The zero-order valence-electron chi connectivity index (χ0n) is 13.5. The number of nitrogens with zero attached hydrogens (tertiary/aromatic N) is 2. The average molecular weight is 317 g/mol. The highest BCUT2D eigenvalue weighted by Crippen LogP contribution is 2.22. The number of hydrogen-bond donors (Lipinski definition) is 1. The summed E-state index contributed by atoms with van der Waals surface area (Å²) in [7, 11) is 8.03. The number of likely N-dealkylation sites (N-methyl/N-ethyl adjacent to an activating group) is 1. The second-order valence-electron chi connectivity index (χ2n) is 5.65. The van der Waals surface area contributed by atoms with E-state index >= 15 is 0 Å². The molecule has 0 bridgehead atoms. The van der Waals surface area contributed by atoms with Gasteiger partial charge in [0.1, 0.15) is 0 Å². The first-order valence-electron chi connectivity index (χ1n) is 7.24. The molecule has 0 spiro atoms. The van der Waals surface area contributed by atoms with E-state index in [9.17, 15) is 4.79 Å². The molecule has 0 saturated carbocycles. The number of carbonyl (C=O) groups excluding carboxylic acids is 1. The Labute approximate surface area is 136 Å². The van der Waals surface area contributed by atoms with Gasteiger partial charge in [-0.25, -0.2) is 0 Å². The van der Waals surface area contributed by atoms with Crippen LogP contribution >= 0.6 is 11.3 Å². The summed E-state index contributed by atoms with van der Waals surface area (Å²) in [6, 6.07) is 12.0. The third-order valence-electron chi connectivity index (χ3n) is 3.60. The third-order valence-corrected chi connectivity index (χ3v) is 4.57. The lowest BCUT2D eigenvalue weighted by Crippen LogP contribution is -2.34. The van der Waals surface area contributed by atoms with E-state index in [2.05, 4.69) is 21.7 Å². The molecule has 1 unspecified atom stereocenters. The van der Waals surface area contributed by atoms with E-state index in [1.165, 1.54) is 4.88 Å². The second kappa shape index (κ2) is 7.42. The molecule has 1 atom stereocenters. The standard InChI is InChI=1S/C17H23N3OS/c1-19(2)14-9-7-13(8-10-14)17(21)18-12-15(20(3)4)16-6-5-11-22-16/h5-11,15H,12H2,1-4H3,(H,18,21). The van der Waals surface area contributed by atoms with Gasteiger partial charge in [-0.3, -0.25) is 4.79 Å². The normalized spacial score (nSPS) is 12.2. The maximum atomic E-state index is 12.3.